The van der Waals surface area contributed by atoms with Crippen molar-refractivity contribution >= 4 is 27.4 Å². The number of carbonyl (C=O) groups is 1. The van der Waals surface area contributed by atoms with Gasteiger partial charge in [0.25, 0.3) is 10.0 Å². The van der Waals surface area contributed by atoms with Crippen molar-refractivity contribution < 1.29 is 18.3 Å². The average Bonchev–Trinajstić information content (AvgIpc) is 2.68. The van der Waals surface area contributed by atoms with Crippen LogP contribution < -0.4 is 9.62 Å². The van der Waals surface area contributed by atoms with Crippen LogP contribution in [0.1, 0.15) is 22.8 Å². The summed E-state index contributed by atoms with van der Waals surface area (Å²) in [4.78, 5) is 16.0. The number of nitrogens with one attached hydrogen (secondary N) is 1. The molecule has 0 bridgehead atoms. The summed E-state index contributed by atoms with van der Waals surface area (Å²) in [5.41, 5.74) is 1.65. The summed E-state index contributed by atoms with van der Waals surface area (Å²) in [5, 5.41) is 9.34. The zero-order valence-corrected chi connectivity index (χ0v) is 16.9. The Hall–Kier alpha value is -2.58. The van der Waals surface area contributed by atoms with Crippen LogP contribution in [0.3, 0.4) is 0 Å². The second kappa shape index (κ2) is 8.20. The molecule has 0 radical (unpaired) electrons. The first kappa shape index (κ1) is 20.2. The Morgan fingerprint density at radius 1 is 1.11 bits per heavy atom. The molecule has 0 spiro atoms. The number of carboxylic acids is 1. The highest BCUT2D eigenvalue weighted by Gasteiger charge is 2.23. The van der Waals surface area contributed by atoms with E-state index in [2.05, 4.69) is 21.4 Å². The molecule has 1 aliphatic rings. The normalized spacial score (nSPS) is 15.4. The first-order valence-electron chi connectivity index (χ1n) is 9.25. The SMILES string of the molecule is CCN1CCN(c2ccc(C(=O)O)cc2NS(=O)(=O)c2ccccc2C)CC1. The van der Waals surface area contributed by atoms with Crippen LogP contribution in [-0.2, 0) is 10.0 Å². The van der Waals surface area contributed by atoms with Gasteiger partial charge in [-0.15, -0.1) is 0 Å². The van der Waals surface area contributed by atoms with E-state index >= 15 is 0 Å². The minimum Gasteiger partial charge on any atom is -0.478 e. The molecule has 0 atom stereocenters. The van der Waals surface area contributed by atoms with Gasteiger partial charge in [0.05, 0.1) is 21.8 Å². The molecule has 0 saturated carbocycles. The molecule has 7 nitrogen and oxygen atoms in total. The molecular formula is C20H25N3O4S. The highest BCUT2D eigenvalue weighted by molar-refractivity contribution is 7.92. The lowest BCUT2D eigenvalue weighted by molar-refractivity contribution is 0.0697. The maximum absolute atomic E-state index is 13.0. The van der Waals surface area contributed by atoms with E-state index < -0.39 is 16.0 Å². The van der Waals surface area contributed by atoms with E-state index in [0.717, 1.165) is 32.7 Å². The number of rotatable bonds is 6. The van der Waals surface area contributed by atoms with Crippen LogP contribution in [0.5, 0.6) is 0 Å². The molecule has 0 amide bonds. The molecular weight excluding hydrogens is 378 g/mol. The predicted molar refractivity (Wildman–Crippen MR) is 110 cm³/mol. The monoisotopic (exact) mass is 403 g/mol. The van der Waals surface area contributed by atoms with E-state index in [9.17, 15) is 18.3 Å². The molecule has 1 fully saturated rings. The lowest BCUT2D eigenvalue weighted by atomic mass is 10.1. The molecule has 1 heterocycles. The Bertz CT molecular complexity index is 967. The summed E-state index contributed by atoms with van der Waals surface area (Å²) in [5.74, 6) is -1.10. The Balaban J connectivity index is 1.97. The van der Waals surface area contributed by atoms with Crippen LogP contribution >= 0.6 is 0 Å². The number of aryl methyl sites for hydroxylation is 1. The molecule has 8 heteroatoms. The van der Waals surface area contributed by atoms with Crippen LogP contribution in [0.2, 0.25) is 0 Å². The quantitative estimate of drug-likeness (QED) is 0.771. The maximum atomic E-state index is 13.0. The van der Waals surface area contributed by atoms with Gasteiger partial charge in [0.15, 0.2) is 0 Å². The van der Waals surface area contributed by atoms with Crippen molar-refractivity contribution in [3.05, 3.63) is 53.6 Å². The second-order valence-electron chi connectivity index (χ2n) is 6.83. The summed E-state index contributed by atoms with van der Waals surface area (Å²) in [6, 6.07) is 11.3. The molecule has 0 unspecified atom stereocenters. The van der Waals surface area contributed by atoms with Gasteiger partial charge in [0.2, 0.25) is 0 Å². The van der Waals surface area contributed by atoms with E-state index in [0.29, 0.717) is 11.3 Å². The van der Waals surface area contributed by atoms with Gasteiger partial charge < -0.3 is 14.9 Å². The fourth-order valence-electron chi connectivity index (χ4n) is 3.39. The minimum atomic E-state index is -3.84. The Morgan fingerprint density at radius 3 is 2.39 bits per heavy atom. The van der Waals surface area contributed by atoms with E-state index in [1.54, 1.807) is 37.3 Å². The highest BCUT2D eigenvalue weighted by atomic mass is 32.2. The first-order valence-corrected chi connectivity index (χ1v) is 10.7. The number of hydrogen-bond acceptors (Lipinski definition) is 5. The summed E-state index contributed by atoms with van der Waals surface area (Å²) < 4.78 is 28.5. The van der Waals surface area contributed by atoms with E-state index in [1.165, 1.54) is 12.1 Å². The van der Waals surface area contributed by atoms with Gasteiger partial charge in [-0.05, 0) is 43.3 Å². The third-order valence-electron chi connectivity index (χ3n) is 5.03. The molecule has 150 valence electrons. The standard InChI is InChI=1S/C20H25N3O4S/c1-3-22-10-12-23(13-11-22)18-9-8-16(20(24)25)14-17(18)21-28(26,27)19-7-5-4-6-15(19)2/h4-9,14,21H,3,10-13H2,1-2H3,(H,24,25). The number of carboxylic acid groups (broad SMARTS) is 1. The van der Waals surface area contributed by atoms with Crippen molar-refractivity contribution in [2.75, 3.05) is 42.3 Å². The zero-order chi connectivity index (χ0) is 20.3. The van der Waals surface area contributed by atoms with E-state index in [1.807, 2.05) is 0 Å². The van der Waals surface area contributed by atoms with Crippen molar-refractivity contribution in [2.24, 2.45) is 0 Å². The average molecular weight is 404 g/mol. The lowest BCUT2D eigenvalue weighted by Crippen LogP contribution is -2.46. The Kier molecular flexibility index (Phi) is 5.90. The molecule has 2 aromatic rings. The highest BCUT2D eigenvalue weighted by Crippen LogP contribution is 2.31. The molecule has 0 aliphatic carbocycles. The molecule has 3 rings (SSSR count). The van der Waals surface area contributed by atoms with Gasteiger partial charge in [0.1, 0.15) is 0 Å². The van der Waals surface area contributed by atoms with Crippen LogP contribution in [0, 0.1) is 6.92 Å². The van der Waals surface area contributed by atoms with Gasteiger partial charge in [-0.25, -0.2) is 13.2 Å². The van der Waals surface area contributed by atoms with Crippen LogP contribution in [0.4, 0.5) is 11.4 Å². The van der Waals surface area contributed by atoms with Gasteiger partial charge in [0, 0.05) is 26.2 Å². The molecule has 1 saturated heterocycles. The molecule has 2 aromatic carbocycles. The predicted octanol–water partition coefficient (Wildman–Crippen LogP) is 2.64. The third kappa shape index (κ3) is 4.28. The zero-order valence-electron chi connectivity index (χ0n) is 16.1. The van der Waals surface area contributed by atoms with E-state index in [-0.39, 0.29) is 16.1 Å². The van der Waals surface area contributed by atoms with Crippen molar-refractivity contribution in [3.63, 3.8) is 0 Å². The first-order chi connectivity index (χ1) is 13.3. The van der Waals surface area contributed by atoms with Crippen molar-refractivity contribution in [1.82, 2.24) is 4.90 Å². The summed E-state index contributed by atoms with van der Waals surface area (Å²) >= 11 is 0. The van der Waals surface area contributed by atoms with Gasteiger partial charge >= 0.3 is 5.97 Å². The lowest BCUT2D eigenvalue weighted by Gasteiger charge is -2.36. The van der Waals surface area contributed by atoms with Crippen LogP contribution in [0.25, 0.3) is 0 Å². The van der Waals surface area contributed by atoms with E-state index in [4.69, 9.17) is 0 Å². The summed E-state index contributed by atoms with van der Waals surface area (Å²) in [7, 11) is -3.84. The van der Waals surface area contributed by atoms with Crippen LogP contribution in [-0.4, -0.2) is 57.1 Å². The Labute approximate surface area is 165 Å². The topological polar surface area (TPSA) is 89.9 Å². The Morgan fingerprint density at radius 2 is 1.79 bits per heavy atom. The van der Waals surface area contributed by atoms with Gasteiger partial charge in [-0.3, -0.25) is 4.72 Å². The number of likely N-dealkylation sites (N-methyl/N-ethyl adjacent to an activating group) is 1. The van der Waals surface area contributed by atoms with Gasteiger partial charge in [-0.1, -0.05) is 25.1 Å². The molecule has 1 aliphatic heterocycles. The smallest absolute Gasteiger partial charge is 0.335 e. The minimum absolute atomic E-state index is 0.0402. The largest absolute Gasteiger partial charge is 0.478 e. The second-order valence-corrected chi connectivity index (χ2v) is 8.48. The van der Waals surface area contributed by atoms with Crippen molar-refractivity contribution in [3.8, 4) is 0 Å². The number of sulfonamides is 1. The number of aromatic carboxylic acids is 1. The fraction of sp³-hybridized carbons (Fsp3) is 0.350. The van der Waals surface area contributed by atoms with Gasteiger partial charge in [-0.2, -0.15) is 0 Å². The van der Waals surface area contributed by atoms with Crippen LogP contribution in [0.15, 0.2) is 47.4 Å². The number of anilines is 2. The molecule has 28 heavy (non-hydrogen) atoms. The fourth-order valence-corrected chi connectivity index (χ4v) is 4.70. The number of piperazine rings is 1. The number of benzene rings is 2. The summed E-state index contributed by atoms with van der Waals surface area (Å²) in [6.07, 6.45) is 0. The number of hydrogen-bond donors (Lipinski definition) is 2. The summed E-state index contributed by atoms with van der Waals surface area (Å²) in [6.45, 7) is 8.06. The number of nitrogens with zero attached hydrogens (tertiary/aromatic N) is 2. The molecule has 0 aromatic heterocycles. The third-order valence-corrected chi connectivity index (χ3v) is 6.56. The molecule has 2 N–H and O–H groups in total. The maximum Gasteiger partial charge on any atom is 0.335 e. The van der Waals surface area contributed by atoms with Crippen molar-refractivity contribution in [2.45, 2.75) is 18.7 Å². The van der Waals surface area contributed by atoms with Crippen molar-refractivity contribution in [1.29, 1.82) is 0 Å².